The molecule has 3 aromatic heterocycles. The fraction of sp³-hybridized carbons (Fsp3) is 0.259. The van der Waals surface area contributed by atoms with Crippen LogP contribution in [0.25, 0.3) is 27.8 Å². The Morgan fingerprint density at radius 1 is 1.18 bits per heavy atom. The van der Waals surface area contributed by atoms with Gasteiger partial charge in [-0.05, 0) is 53.2 Å². The van der Waals surface area contributed by atoms with Gasteiger partial charge in [0.15, 0.2) is 11.5 Å². The standard InChI is InChI=1S/C27H24BrF2N9O/c1-14-25(34-36-39(14)16-6-7-19-15(9-16)5-4-8-32-19)26(40)38-13-27(2,3)21(38)12-37-11-20(33-35-37)17-10-18(29)22(28)23(30)24(17)31/h4-11,21H,12-13,31H2,1-3H3. The van der Waals surface area contributed by atoms with Crippen molar-refractivity contribution >= 4 is 38.4 Å². The topological polar surface area (TPSA) is 121 Å². The van der Waals surface area contributed by atoms with Crippen LogP contribution in [0.5, 0.6) is 0 Å². The number of halogens is 3. The molecular formula is C27H24BrF2N9O. The molecule has 0 aliphatic carbocycles. The van der Waals surface area contributed by atoms with Gasteiger partial charge < -0.3 is 10.6 Å². The van der Waals surface area contributed by atoms with Crippen molar-refractivity contribution in [2.75, 3.05) is 12.3 Å². The van der Waals surface area contributed by atoms with Gasteiger partial charge in [-0.3, -0.25) is 9.78 Å². The Morgan fingerprint density at radius 3 is 2.75 bits per heavy atom. The molecule has 1 amide bonds. The zero-order valence-electron chi connectivity index (χ0n) is 21.8. The van der Waals surface area contributed by atoms with Crippen molar-refractivity contribution in [1.82, 2.24) is 39.9 Å². The molecule has 6 rings (SSSR count). The number of pyridine rings is 1. The van der Waals surface area contributed by atoms with Gasteiger partial charge in [0.05, 0.1) is 45.8 Å². The number of nitrogen functional groups attached to an aromatic ring is 1. The van der Waals surface area contributed by atoms with E-state index in [4.69, 9.17) is 5.73 Å². The second-order valence-electron chi connectivity index (χ2n) is 10.5. The third kappa shape index (κ3) is 4.21. The number of rotatable bonds is 5. The Labute approximate surface area is 235 Å². The van der Waals surface area contributed by atoms with Crippen LogP contribution in [0.15, 0.2) is 53.3 Å². The third-order valence-corrected chi connectivity index (χ3v) is 8.15. The number of nitrogens with zero attached hydrogens (tertiary/aromatic N) is 8. The van der Waals surface area contributed by atoms with Crippen LogP contribution in [0.1, 0.15) is 30.0 Å². The summed E-state index contributed by atoms with van der Waals surface area (Å²) in [5, 5.41) is 17.6. The predicted molar refractivity (Wildman–Crippen MR) is 147 cm³/mol. The van der Waals surface area contributed by atoms with Crippen molar-refractivity contribution in [3.63, 3.8) is 0 Å². The number of nitrogens with two attached hydrogens (primary N) is 1. The SMILES string of the molecule is Cc1c(C(=O)N2CC(C)(C)C2Cn2cc(-c3cc(F)c(Br)c(F)c3N)nn2)nnn1-c1ccc2ncccc2c1. The number of anilines is 1. The summed E-state index contributed by atoms with van der Waals surface area (Å²) in [5.74, 6) is -1.93. The molecule has 40 heavy (non-hydrogen) atoms. The molecule has 1 aliphatic rings. The Hall–Kier alpha value is -4.26. The molecule has 0 bridgehead atoms. The number of carbonyl (C=O) groups is 1. The zero-order valence-corrected chi connectivity index (χ0v) is 23.4. The molecule has 0 radical (unpaired) electrons. The van der Waals surface area contributed by atoms with E-state index in [2.05, 4.69) is 55.4 Å². The lowest BCUT2D eigenvalue weighted by Crippen LogP contribution is -2.65. The van der Waals surface area contributed by atoms with Crippen LogP contribution in [-0.4, -0.2) is 58.4 Å². The fourth-order valence-electron chi connectivity index (χ4n) is 5.14. The molecule has 5 aromatic rings. The summed E-state index contributed by atoms with van der Waals surface area (Å²) in [4.78, 5) is 19.7. The summed E-state index contributed by atoms with van der Waals surface area (Å²) >= 11 is 2.85. The van der Waals surface area contributed by atoms with Crippen LogP contribution in [0.4, 0.5) is 14.5 Å². The molecular weight excluding hydrogens is 584 g/mol. The summed E-state index contributed by atoms with van der Waals surface area (Å²) < 4.78 is 31.3. The van der Waals surface area contributed by atoms with Gasteiger partial charge in [0.1, 0.15) is 11.5 Å². The Bertz CT molecular complexity index is 1800. The average molecular weight is 608 g/mol. The number of likely N-dealkylation sites (tertiary alicyclic amines) is 1. The number of benzene rings is 2. The van der Waals surface area contributed by atoms with Crippen LogP contribution >= 0.6 is 15.9 Å². The van der Waals surface area contributed by atoms with Gasteiger partial charge in [-0.25, -0.2) is 18.1 Å². The van der Waals surface area contributed by atoms with E-state index in [1.165, 1.54) is 0 Å². The Kier molecular flexibility index (Phi) is 6.13. The van der Waals surface area contributed by atoms with Gasteiger partial charge in [-0.2, -0.15) is 0 Å². The van der Waals surface area contributed by atoms with Crippen molar-refractivity contribution in [2.45, 2.75) is 33.4 Å². The van der Waals surface area contributed by atoms with Crippen molar-refractivity contribution in [3.05, 3.63) is 76.3 Å². The van der Waals surface area contributed by atoms with Gasteiger partial charge >= 0.3 is 0 Å². The predicted octanol–water partition coefficient (Wildman–Crippen LogP) is 4.56. The number of carbonyl (C=O) groups excluding carboxylic acids is 1. The van der Waals surface area contributed by atoms with Gasteiger partial charge in [-0.1, -0.05) is 30.3 Å². The normalized spacial score (nSPS) is 16.4. The van der Waals surface area contributed by atoms with Crippen molar-refractivity contribution < 1.29 is 13.6 Å². The Morgan fingerprint density at radius 2 is 1.98 bits per heavy atom. The second kappa shape index (κ2) is 9.44. The lowest BCUT2D eigenvalue weighted by atomic mass is 9.74. The van der Waals surface area contributed by atoms with E-state index < -0.39 is 11.6 Å². The van der Waals surface area contributed by atoms with E-state index >= 15 is 0 Å². The average Bonchev–Trinajstić information content (AvgIpc) is 3.57. The first-order valence-corrected chi connectivity index (χ1v) is 13.3. The van der Waals surface area contributed by atoms with Crippen LogP contribution in [0.2, 0.25) is 0 Å². The highest BCUT2D eigenvalue weighted by atomic mass is 79.9. The molecule has 1 aliphatic heterocycles. The van der Waals surface area contributed by atoms with E-state index in [-0.39, 0.29) is 44.5 Å². The highest BCUT2D eigenvalue weighted by molar-refractivity contribution is 9.10. The van der Waals surface area contributed by atoms with E-state index in [0.717, 1.165) is 22.7 Å². The van der Waals surface area contributed by atoms with Gasteiger partial charge in [-0.15, -0.1) is 10.2 Å². The van der Waals surface area contributed by atoms with Crippen LogP contribution in [0, 0.1) is 24.0 Å². The minimum Gasteiger partial charge on any atom is -0.396 e. The smallest absolute Gasteiger partial charge is 0.276 e. The number of fused-ring (bicyclic) bond motifs is 1. The molecule has 0 saturated carbocycles. The lowest BCUT2D eigenvalue weighted by molar-refractivity contribution is -0.0399. The monoisotopic (exact) mass is 607 g/mol. The summed E-state index contributed by atoms with van der Waals surface area (Å²) in [6.07, 6.45) is 3.30. The number of aromatic nitrogens is 7. The van der Waals surface area contributed by atoms with E-state index in [1.54, 1.807) is 26.7 Å². The lowest BCUT2D eigenvalue weighted by Gasteiger charge is -2.53. The first-order valence-electron chi connectivity index (χ1n) is 12.5. The van der Waals surface area contributed by atoms with Crippen molar-refractivity contribution in [2.24, 2.45) is 5.41 Å². The number of amides is 1. The fourth-order valence-corrected chi connectivity index (χ4v) is 5.46. The molecule has 1 atom stereocenters. The first kappa shape index (κ1) is 26.0. The zero-order chi connectivity index (χ0) is 28.3. The van der Waals surface area contributed by atoms with Crippen LogP contribution in [0.3, 0.4) is 0 Å². The Balaban J connectivity index is 1.24. The van der Waals surface area contributed by atoms with E-state index in [0.29, 0.717) is 18.8 Å². The molecule has 10 nitrogen and oxygen atoms in total. The molecule has 1 unspecified atom stereocenters. The molecule has 2 N–H and O–H groups in total. The molecule has 0 spiro atoms. The van der Waals surface area contributed by atoms with Gasteiger partial charge in [0, 0.05) is 29.1 Å². The van der Waals surface area contributed by atoms with E-state index in [9.17, 15) is 13.6 Å². The summed E-state index contributed by atoms with van der Waals surface area (Å²) in [6, 6.07) is 10.4. The molecule has 1 fully saturated rings. The van der Waals surface area contributed by atoms with Crippen LogP contribution in [-0.2, 0) is 6.54 Å². The number of hydrogen-bond donors (Lipinski definition) is 1. The van der Waals surface area contributed by atoms with Crippen molar-refractivity contribution in [3.8, 4) is 16.9 Å². The van der Waals surface area contributed by atoms with Crippen molar-refractivity contribution in [1.29, 1.82) is 0 Å². The number of hydrogen-bond acceptors (Lipinski definition) is 7. The molecule has 4 heterocycles. The minimum atomic E-state index is -0.898. The maximum absolute atomic E-state index is 14.3. The molecule has 2 aromatic carbocycles. The van der Waals surface area contributed by atoms with Gasteiger partial charge in [0.25, 0.3) is 5.91 Å². The quantitative estimate of drug-likeness (QED) is 0.230. The summed E-state index contributed by atoms with van der Waals surface area (Å²) in [5.41, 5.74) is 8.26. The maximum atomic E-state index is 14.3. The summed E-state index contributed by atoms with van der Waals surface area (Å²) in [6.45, 7) is 6.76. The van der Waals surface area contributed by atoms with E-state index in [1.807, 2.05) is 37.3 Å². The second-order valence-corrected chi connectivity index (χ2v) is 11.3. The minimum absolute atomic E-state index is 0.0990. The third-order valence-electron chi connectivity index (χ3n) is 7.42. The molecule has 13 heteroatoms. The molecule has 1 saturated heterocycles. The highest BCUT2D eigenvalue weighted by Crippen LogP contribution is 2.39. The summed E-state index contributed by atoms with van der Waals surface area (Å²) in [7, 11) is 0. The van der Waals surface area contributed by atoms with Crippen LogP contribution < -0.4 is 5.73 Å². The highest BCUT2D eigenvalue weighted by Gasteiger charge is 2.49. The maximum Gasteiger partial charge on any atom is 0.276 e. The first-order chi connectivity index (χ1) is 19.0. The molecule has 204 valence electrons. The largest absolute Gasteiger partial charge is 0.396 e. The van der Waals surface area contributed by atoms with Gasteiger partial charge in [0.2, 0.25) is 0 Å².